The van der Waals surface area contributed by atoms with Crippen molar-refractivity contribution in [2.45, 2.75) is 39.5 Å². The predicted molar refractivity (Wildman–Crippen MR) is 89.3 cm³/mol. The summed E-state index contributed by atoms with van der Waals surface area (Å²) in [5.74, 6) is 1.63. The summed E-state index contributed by atoms with van der Waals surface area (Å²) in [6.07, 6.45) is 1.94. The lowest BCUT2D eigenvalue weighted by atomic mass is 9.91. The van der Waals surface area contributed by atoms with Gasteiger partial charge >= 0.3 is 0 Å². The van der Waals surface area contributed by atoms with E-state index >= 15 is 0 Å². The molecule has 0 unspecified atom stereocenters. The zero-order valence-corrected chi connectivity index (χ0v) is 13.9. The Labute approximate surface area is 135 Å². The molecule has 23 heavy (non-hydrogen) atoms. The minimum atomic E-state index is -0.400. The van der Waals surface area contributed by atoms with Crippen LogP contribution in [-0.4, -0.2) is 25.0 Å². The third-order valence-corrected chi connectivity index (χ3v) is 4.76. The number of piperidine rings is 1. The Balaban J connectivity index is 2.26. The minimum Gasteiger partial charge on any atom is -0.467 e. The predicted octanol–water partition coefficient (Wildman–Crippen LogP) is 2.51. The second-order valence-corrected chi connectivity index (χ2v) is 6.24. The van der Waals surface area contributed by atoms with Gasteiger partial charge in [0.15, 0.2) is 12.2 Å². The first-order valence-corrected chi connectivity index (χ1v) is 8.06. The van der Waals surface area contributed by atoms with Crippen LogP contribution < -0.4 is 15.5 Å². The molecule has 0 amide bonds. The molecule has 0 spiro atoms. The fourth-order valence-electron chi connectivity index (χ4n) is 3.44. The van der Waals surface area contributed by atoms with Gasteiger partial charge in [0.1, 0.15) is 17.1 Å². The molecular weight excluding hydrogens is 294 g/mol. The van der Waals surface area contributed by atoms with Crippen molar-refractivity contribution in [2.75, 3.05) is 19.9 Å². The summed E-state index contributed by atoms with van der Waals surface area (Å²) in [5, 5.41) is 13.0. The summed E-state index contributed by atoms with van der Waals surface area (Å²) >= 11 is 0. The molecule has 2 N–H and O–H groups in total. The lowest BCUT2D eigenvalue weighted by Crippen LogP contribution is -2.28. The lowest BCUT2D eigenvalue weighted by Gasteiger charge is -2.23. The van der Waals surface area contributed by atoms with Gasteiger partial charge in [0.2, 0.25) is 0 Å². The molecule has 0 radical (unpaired) electrons. The van der Waals surface area contributed by atoms with E-state index in [-0.39, 0.29) is 11.3 Å². The molecule has 1 fully saturated rings. The maximum Gasteiger partial charge on any atom is 0.196 e. The van der Waals surface area contributed by atoms with Crippen LogP contribution in [0.2, 0.25) is 0 Å². The van der Waals surface area contributed by atoms with Crippen LogP contribution in [0.3, 0.4) is 0 Å². The number of ether oxygens (including phenoxy) is 1. The van der Waals surface area contributed by atoms with Gasteiger partial charge in [-0.3, -0.25) is 4.79 Å². The van der Waals surface area contributed by atoms with Crippen molar-refractivity contribution in [2.24, 2.45) is 0 Å². The van der Waals surface area contributed by atoms with Gasteiger partial charge in [0.25, 0.3) is 0 Å². The van der Waals surface area contributed by atoms with E-state index in [4.69, 9.17) is 14.3 Å². The summed E-state index contributed by atoms with van der Waals surface area (Å²) in [4.78, 5) is 12.9. The Kier molecular flexibility index (Phi) is 4.41. The van der Waals surface area contributed by atoms with E-state index in [2.05, 4.69) is 5.32 Å². The summed E-state index contributed by atoms with van der Waals surface area (Å²) in [5.41, 5.74) is 2.89. The van der Waals surface area contributed by atoms with Gasteiger partial charge in [0.05, 0.1) is 5.39 Å². The average molecular weight is 317 g/mol. The third-order valence-electron chi connectivity index (χ3n) is 4.76. The number of benzene rings is 1. The van der Waals surface area contributed by atoms with Crippen LogP contribution in [0.25, 0.3) is 11.0 Å². The number of nitrogens with one attached hydrogen (secondary N) is 1. The van der Waals surface area contributed by atoms with Gasteiger partial charge in [-0.2, -0.15) is 0 Å². The van der Waals surface area contributed by atoms with E-state index < -0.39 is 6.79 Å². The van der Waals surface area contributed by atoms with Crippen molar-refractivity contribution in [1.29, 1.82) is 0 Å². The van der Waals surface area contributed by atoms with Gasteiger partial charge in [-0.25, -0.2) is 0 Å². The van der Waals surface area contributed by atoms with Gasteiger partial charge in [0, 0.05) is 17.0 Å². The number of hydrogen-bond donors (Lipinski definition) is 2. The maximum absolute atomic E-state index is 12.9. The molecule has 2 heterocycles. The molecule has 0 aliphatic carbocycles. The van der Waals surface area contributed by atoms with Crippen LogP contribution in [0.4, 0.5) is 0 Å². The van der Waals surface area contributed by atoms with E-state index in [9.17, 15) is 4.79 Å². The third kappa shape index (κ3) is 2.75. The standard InChI is InChI=1S/C18H23NO4/c1-10-8-14(22-9-20)11(2)18-15(10)16(21)12(3)17(23-18)13-4-6-19-7-5-13/h8,13,19-20H,4-7,9H2,1-3H3. The molecule has 1 aliphatic rings. The number of hydrogen-bond acceptors (Lipinski definition) is 5. The fraction of sp³-hybridized carbons (Fsp3) is 0.500. The first kappa shape index (κ1) is 16.0. The van der Waals surface area contributed by atoms with E-state index in [0.29, 0.717) is 22.3 Å². The van der Waals surface area contributed by atoms with E-state index in [1.807, 2.05) is 20.8 Å². The molecule has 1 aromatic heterocycles. The topological polar surface area (TPSA) is 71.7 Å². The highest BCUT2D eigenvalue weighted by molar-refractivity contribution is 5.86. The molecule has 0 atom stereocenters. The van der Waals surface area contributed by atoms with Gasteiger partial charge in [-0.1, -0.05) is 0 Å². The Hall–Kier alpha value is -1.85. The minimum absolute atomic E-state index is 0.0379. The largest absolute Gasteiger partial charge is 0.467 e. The maximum atomic E-state index is 12.9. The monoisotopic (exact) mass is 317 g/mol. The molecule has 1 aliphatic heterocycles. The second kappa shape index (κ2) is 6.34. The zero-order chi connectivity index (χ0) is 16.6. The van der Waals surface area contributed by atoms with Crippen molar-refractivity contribution in [3.05, 3.63) is 38.7 Å². The van der Waals surface area contributed by atoms with E-state index in [0.717, 1.165) is 42.8 Å². The number of aliphatic hydroxyl groups excluding tert-OH is 1. The molecule has 5 heteroatoms. The van der Waals surface area contributed by atoms with Crippen molar-refractivity contribution >= 4 is 11.0 Å². The summed E-state index contributed by atoms with van der Waals surface area (Å²) in [7, 11) is 0. The van der Waals surface area contributed by atoms with Crippen LogP contribution in [0.15, 0.2) is 15.3 Å². The van der Waals surface area contributed by atoms with Crippen LogP contribution in [0.5, 0.6) is 5.75 Å². The van der Waals surface area contributed by atoms with Crippen molar-refractivity contribution in [3.8, 4) is 5.75 Å². The summed E-state index contributed by atoms with van der Waals surface area (Å²) < 4.78 is 11.5. The molecule has 0 bridgehead atoms. The molecule has 124 valence electrons. The fourth-order valence-corrected chi connectivity index (χ4v) is 3.44. The Morgan fingerprint density at radius 1 is 1.26 bits per heavy atom. The Morgan fingerprint density at radius 3 is 2.61 bits per heavy atom. The number of aliphatic hydroxyl groups is 1. The van der Waals surface area contributed by atoms with Crippen molar-refractivity contribution in [1.82, 2.24) is 5.32 Å². The lowest BCUT2D eigenvalue weighted by molar-refractivity contribution is 0.0979. The number of fused-ring (bicyclic) bond motifs is 1. The smallest absolute Gasteiger partial charge is 0.196 e. The molecule has 2 aromatic rings. The molecular formula is C18H23NO4. The number of rotatable bonds is 3. The van der Waals surface area contributed by atoms with Gasteiger partial charge in [-0.05, 0) is 58.3 Å². The average Bonchev–Trinajstić information content (AvgIpc) is 2.55. The molecule has 1 aromatic carbocycles. The van der Waals surface area contributed by atoms with Crippen LogP contribution in [0, 0.1) is 20.8 Å². The van der Waals surface area contributed by atoms with E-state index in [1.165, 1.54) is 0 Å². The molecule has 3 rings (SSSR count). The molecule has 5 nitrogen and oxygen atoms in total. The van der Waals surface area contributed by atoms with Gasteiger partial charge < -0.3 is 19.6 Å². The Bertz CT molecular complexity index is 788. The van der Waals surface area contributed by atoms with E-state index in [1.54, 1.807) is 6.07 Å². The van der Waals surface area contributed by atoms with Crippen LogP contribution in [0.1, 0.15) is 41.2 Å². The quantitative estimate of drug-likeness (QED) is 0.851. The highest BCUT2D eigenvalue weighted by Gasteiger charge is 2.24. The summed E-state index contributed by atoms with van der Waals surface area (Å²) in [6, 6.07) is 1.79. The SMILES string of the molecule is Cc1c(C2CCNCC2)oc2c(C)c(OCO)cc(C)c2c1=O. The van der Waals surface area contributed by atoms with Crippen LogP contribution in [-0.2, 0) is 0 Å². The normalized spacial score (nSPS) is 16.0. The summed E-state index contributed by atoms with van der Waals surface area (Å²) in [6.45, 7) is 7.07. The number of aryl methyl sites for hydroxylation is 2. The van der Waals surface area contributed by atoms with Gasteiger partial charge in [-0.15, -0.1) is 0 Å². The van der Waals surface area contributed by atoms with Crippen molar-refractivity contribution in [3.63, 3.8) is 0 Å². The highest BCUT2D eigenvalue weighted by atomic mass is 16.6. The first-order chi connectivity index (χ1) is 11.0. The van der Waals surface area contributed by atoms with Crippen LogP contribution >= 0.6 is 0 Å². The molecule has 0 saturated carbocycles. The zero-order valence-electron chi connectivity index (χ0n) is 13.9. The molecule has 1 saturated heterocycles. The highest BCUT2D eigenvalue weighted by Crippen LogP contribution is 2.34. The second-order valence-electron chi connectivity index (χ2n) is 6.24. The first-order valence-electron chi connectivity index (χ1n) is 8.06. The Morgan fingerprint density at radius 2 is 1.96 bits per heavy atom. The van der Waals surface area contributed by atoms with Crippen molar-refractivity contribution < 1.29 is 14.3 Å².